The molecule has 3 aromatic rings. The number of carbonyl (C=O) groups excluding carboxylic acids is 1. The van der Waals surface area contributed by atoms with E-state index in [2.05, 4.69) is 16.0 Å². The van der Waals surface area contributed by atoms with Gasteiger partial charge in [0.1, 0.15) is 11.4 Å². The number of carbonyl (C=O) groups is 1. The van der Waals surface area contributed by atoms with E-state index in [1.807, 2.05) is 35.2 Å². The first kappa shape index (κ1) is 16.2. The molecular weight excluding hydrogens is 336 g/mol. The van der Waals surface area contributed by atoms with Crippen molar-refractivity contribution in [2.45, 2.75) is 6.54 Å². The third-order valence-electron chi connectivity index (χ3n) is 4.54. The van der Waals surface area contributed by atoms with Crippen molar-refractivity contribution in [3.05, 3.63) is 53.0 Å². The molecule has 1 saturated heterocycles. The van der Waals surface area contributed by atoms with Gasteiger partial charge in [0.05, 0.1) is 30.5 Å². The number of benzene rings is 1. The van der Waals surface area contributed by atoms with Crippen molar-refractivity contribution in [2.24, 2.45) is 0 Å². The van der Waals surface area contributed by atoms with Gasteiger partial charge in [-0.25, -0.2) is 0 Å². The lowest BCUT2D eigenvalue weighted by atomic mass is 10.2. The van der Waals surface area contributed by atoms with Crippen LogP contribution in [0.25, 0.3) is 10.2 Å². The molecule has 0 N–H and O–H groups in total. The van der Waals surface area contributed by atoms with Crippen LogP contribution in [0, 0.1) is 0 Å². The fourth-order valence-corrected chi connectivity index (χ4v) is 3.99. The lowest BCUT2D eigenvalue weighted by Crippen LogP contribution is -2.41. The molecule has 3 heterocycles. The zero-order valence-electron chi connectivity index (χ0n) is 14.1. The summed E-state index contributed by atoms with van der Waals surface area (Å²) in [5.74, 6) is 0.918. The van der Waals surface area contributed by atoms with Crippen molar-refractivity contribution >= 4 is 27.5 Å². The molecule has 0 saturated carbocycles. The molecule has 6 heteroatoms. The van der Waals surface area contributed by atoms with E-state index < -0.39 is 0 Å². The molecule has 1 amide bonds. The number of amides is 1. The lowest BCUT2D eigenvalue weighted by Gasteiger charge is -2.27. The average molecular weight is 356 g/mol. The van der Waals surface area contributed by atoms with Crippen molar-refractivity contribution in [1.82, 2.24) is 9.47 Å². The predicted molar refractivity (Wildman–Crippen MR) is 98.6 cm³/mol. The van der Waals surface area contributed by atoms with Crippen LogP contribution >= 0.6 is 11.3 Å². The largest absolute Gasteiger partial charge is 0.497 e. The highest BCUT2D eigenvalue weighted by molar-refractivity contribution is 7.17. The standard InChI is InChI=1S/C19H20N2O3S/c1-23-15-4-2-14(3-5-15)13-21-16-6-11-25-18(16)12-17(21)19(22)20-7-9-24-10-8-20/h2-6,11-12H,7-10,13H2,1H3. The molecule has 4 rings (SSSR count). The number of fused-ring (bicyclic) bond motifs is 1. The number of thiophene rings is 1. The van der Waals surface area contributed by atoms with Gasteiger partial charge < -0.3 is 18.9 Å². The van der Waals surface area contributed by atoms with Crippen molar-refractivity contribution < 1.29 is 14.3 Å². The van der Waals surface area contributed by atoms with E-state index in [0.717, 1.165) is 27.2 Å². The Morgan fingerprint density at radius 3 is 2.68 bits per heavy atom. The minimum absolute atomic E-state index is 0.0835. The van der Waals surface area contributed by atoms with Gasteiger partial charge in [-0.1, -0.05) is 12.1 Å². The third kappa shape index (κ3) is 3.15. The minimum atomic E-state index is 0.0835. The van der Waals surface area contributed by atoms with Crippen molar-refractivity contribution in [2.75, 3.05) is 33.4 Å². The first-order valence-electron chi connectivity index (χ1n) is 8.33. The monoisotopic (exact) mass is 356 g/mol. The zero-order valence-corrected chi connectivity index (χ0v) is 14.9. The molecule has 5 nitrogen and oxygen atoms in total. The number of aromatic nitrogens is 1. The number of morpholine rings is 1. The van der Waals surface area contributed by atoms with Gasteiger partial charge in [0.25, 0.3) is 5.91 Å². The molecular formula is C19H20N2O3S. The number of methoxy groups -OCH3 is 1. The highest BCUT2D eigenvalue weighted by Crippen LogP contribution is 2.27. The van der Waals surface area contributed by atoms with Gasteiger partial charge >= 0.3 is 0 Å². The molecule has 1 fully saturated rings. The van der Waals surface area contributed by atoms with Gasteiger partial charge in [0.2, 0.25) is 0 Å². The van der Waals surface area contributed by atoms with Crippen molar-refractivity contribution in [3.63, 3.8) is 0 Å². The van der Waals surface area contributed by atoms with Crippen LogP contribution in [0.4, 0.5) is 0 Å². The Labute approximate surface area is 150 Å². The van der Waals surface area contributed by atoms with Gasteiger partial charge in [-0.3, -0.25) is 4.79 Å². The summed E-state index contributed by atoms with van der Waals surface area (Å²) in [6.07, 6.45) is 0. The van der Waals surface area contributed by atoms with Crippen LogP contribution < -0.4 is 4.74 Å². The highest BCUT2D eigenvalue weighted by atomic mass is 32.1. The summed E-state index contributed by atoms with van der Waals surface area (Å²) in [6, 6.07) is 12.1. The second-order valence-corrected chi connectivity index (χ2v) is 6.99. The van der Waals surface area contributed by atoms with E-state index in [1.54, 1.807) is 18.4 Å². The molecule has 0 radical (unpaired) electrons. The molecule has 0 bridgehead atoms. The molecule has 0 atom stereocenters. The Bertz CT molecular complexity index is 876. The highest BCUT2D eigenvalue weighted by Gasteiger charge is 2.23. The van der Waals surface area contributed by atoms with Crippen LogP contribution in [0.15, 0.2) is 41.8 Å². The predicted octanol–water partition coefficient (Wildman–Crippen LogP) is 3.23. The van der Waals surface area contributed by atoms with Gasteiger partial charge in [-0.15, -0.1) is 11.3 Å². The van der Waals surface area contributed by atoms with Crippen LogP contribution in [-0.2, 0) is 11.3 Å². The molecule has 1 aliphatic heterocycles. The van der Waals surface area contributed by atoms with E-state index in [4.69, 9.17) is 9.47 Å². The fourth-order valence-electron chi connectivity index (χ4n) is 3.17. The van der Waals surface area contributed by atoms with Gasteiger partial charge in [0, 0.05) is 19.6 Å². The summed E-state index contributed by atoms with van der Waals surface area (Å²) >= 11 is 1.67. The van der Waals surface area contributed by atoms with Gasteiger partial charge in [-0.2, -0.15) is 0 Å². The number of hydrogen-bond acceptors (Lipinski definition) is 4. The van der Waals surface area contributed by atoms with Crippen LogP contribution in [0.3, 0.4) is 0 Å². The summed E-state index contributed by atoms with van der Waals surface area (Å²) in [5, 5.41) is 2.07. The van der Waals surface area contributed by atoms with Crippen LogP contribution in [0.2, 0.25) is 0 Å². The van der Waals surface area contributed by atoms with E-state index in [0.29, 0.717) is 32.8 Å². The first-order chi connectivity index (χ1) is 12.3. The Morgan fingerprint density at radius 1 is 1.20 bits per heavy atom. The van der Waals surface area contributed by atoms with Crippen LogP contribution in [-0.4, -0.2) is 48.8 Å². The van der Waals surface area contributed by atoms with Crippen LogP contribution in [0.1, 0.15) is 16.1 Å². The minimum Gasteiger partial charge on any atom is -0.497 e. The van der Waals surface area contributed by atoms with E-state index in [1.165, 1.54) is 0 Å². The Hall–Kier alpha value is -2.31. The number of ether oxygens (including phenoxy) is 2. The Morgan fingerprint density at radius 2 is 1.96 bits per heavy atom. The smallest absolute Gasteiger partial charge is 0.270 e. The maximum atomic E-state index is 13.0. The van der Waals surface area contributed by atoms with Gasteiger partial charge in [-0.05, 0) is 35.2 Å². The molecule has 1 aliphatic rings. The second kappa shape index (κ2) is 6.90. The maximum absolute atomic E-state index is 13.0. The maximum Gasteiger partial charge on any atom is 0.270 e. The molecule has 25 heavy (non-hydrogen) atoms. The average Bonchev–Trinajstić information content (AvgIpc) is 3.25. The Kier molecular flexibility index (Phi) is 4.46. The quantitative estimate of drug-likeness (QED) is 0.721. The van der Waals surface area contributed by atoms with Crippen LogP contribution in [0.5, 0.6) is 5.75 Å². The molecule has 1 aromatic carbocycles. The number of hydrogen-bond donors (Lipinski definition) is 0. The third-order valence-corrected chi connectivity index (χ3v) is 5.39. The number of rotatable bonds is 4. The molecule has 0 spiro atoms. The molecule has 2 aromatic heterocycles. The summed E-state index contributed by atoms with van der Waals surface area (Å²) in [7, 11) is 1.66. The number of nitrogens with zero attached hydrogens (tertiary/aromatic N) is 2. The SMILES string of the molecule is COc1ccc(Cn2c(C(=O)N3CCOCC3)cc3sccc32)cc1. The van der Waals surface area contributed by atoms with E-state index >= 15 is 0 Å². The van der Waals surface area contributed by atoms with Crippen molar-refractivity contribution in [3.8, 4) is 5.75 Å². The normalized spacial score (nSPS) is 14.8. The summed E-state index contributed by atoms with van der Waals surface area (Å²) in [4.78, 5) is 14.9. The van der Waals surface area contributed by atoms with Gasteiger partial charge in [0.15, 0.2) is 0 Å². The second-order valence-electron chi connectivity index (χ2n) is 6.04. The summed E-state index contributed by atoms with van der Waals surface area (Å²) in [6.45, 7) is 3.19. The van der Waals surface area contributed by atoms with E-state index in [9.17, 15) is 4.79 Å². The first-order valence-corrected chi connectivity index (χ1v) is 9.21. The Balaban J connectivity index is 1.68. The van der Waals surface area contributed by atoms with E-state index in [-0.39, 0.29) is 5.91 Å². The summed E-state index contributed by atoms with van der Waals surface area (Å²) in [5.41, 5.74) is 3.00. The molecule has 0 unspecified atom stereocenters. The summed E-state index contributed by atoms with van der Waals surface area (Å²) < 4.78 is 13.9. The molecule has 130 valence electrons. The topological polar surface area (TPSA) is 43.7 Å². The van der Waals surface area contributed by atoms with Crippen molar-refractivity contribution in [1.29, 1.82) is 0 Å². The zero-order chi connectivity index (χ0) is 17.2. The lowest BCUT2D eigenvalue weighted by molar-refractivity contribution is 0.0296. The molecule has 0 aliphatic carbocycles. The fraction of sp³-hybridized carbons (Fsp3) is 0.316.